The molecule has 0 aliphatic carbocycles. The molecule has 0 saturated carbocycles. The average molecular weight is 236 g/mol. The van der Waals surface area contributed by atoms with Crippen molar-refractivity contribution in [1.29, 1.82) is 0 Å². The Morgan fingerprint density at radius 3 is 1.88 bits per heavy atom. The summed E-state index contributed by atoms with van der Waals surface area (Å²) in [6.07, 6.45) is 0. The predicted molar refractivity (Wildman–Crippen MR) is 74.3 cm³/mol. The summed E-state index contributed by atoms with van der Waals surface area (Å²) in [5.41, 5.74) is 0. The number of rotatable bonds is 5. The van der Waals surface area contributed by atoms with E-state index in [1.54, 1.807) is 0 Å². The second-order valence-electron chi connectivity index (χ2n) is 4.45. The molecule has 2 nitrogen and oxygen atoms in total. The Morgan fingerprint density at radius 1 is 1.00 bits per heavy atom. The monoisotopic (exact) mass is 236 g/mol. The molecule has 1 unspecified atom stereocenters. The summed E-state index contributed by atoms with van der Waals surface area (Å²) >= 11 is 0. The fraction of sp³-hybridized carbons (Fsp3) is 0.538. The summed E-state index contributed by atoms with van der Waals surface area (Å²) in [7, 11) is 2.75. The van der Waals surface area contributed by atoms with Gasteiger partial charge in [0.1, 0.15) is 0 Å². The van der Waals surface area contributed by atoms with Gasteiger partial charge in [-0.25, -0.2) is 0 Å². The molecular formula is C13H24N2Si. The van der Waals surface area contributed by atoms with Crippen molar-refractivity contribution in [3.63, 3.8) is 0 Å². The molecule has 1 aromatic rings. The van der Waals surface area contributed by atoms with Crippen LogP contribution in [-0.4, -0.2) is 44.7 Å². The van der Waals surface area contributed by atoms with Crippen molar-refractivity contribution in [2.24, 2.45) is 0 Å². The van der Waals surface area contributed by atoms with Gasteiger partial charge in [0.25, 0.3) is 0 Å². The summed E-state index contributed by atoms with van der Waals surface area (Å²) in [6.45, 7) is 9.16. The highest BCUT2D eigenvalue weighted by molar-refractivity contribution is 6.86. The molecule has 0 saturated heterocycles. The Labute approximate surface area is 101 Å². The van der Waals surface area contributed by atoms with Crippen molar-refractivity contribution < 1.29 is 0 Å². The van der Waals surface area contributed by atoms with E-state index in [4.69, 9.17) is 0 Å². The quantitative estimate of drug-likeness (QED) is 0.720. The molecule has 90 valence electrons. The molecule has 0 amide bonds. The first-order chi connectivity index (χ1) is 7.57. The van der Waals surface area contributed by atoms with Crippen LogP contribution in [0.25, 0.3) is 0 Å². The third-order valence-corrected chi connectivity index (χ3v) is 8.60. The lowest BCUT2D eigenvalue weighted by Crippen LogP contribution is -2.68. The Bertz CT molecular complexity index is 309. The molecule has 0 aliphatic heterocycles. The molecule has 0 bridgehead atoms. The summed E-state index contributed by atoms with van der Waals surface area (Å²) in [4.78, 5) is 0. The van der Waals surface area contributed by atoms with E-state index in [9.17, 15) is 0 Å². The van der Waals surface area contributed by atoms with E-state index in [2.05, 4.69) is 74.0 Å². The van der Waals surface area contributed by atoms with Crippen LogP contribution in [0, 0.1) is 0 Å². The van der Waals surface area contributed by atoms with Crippen molar-refractivity contribution in [3.05, 3.63) is 30.3 Å². The fourth-order valence-electron chi connectivity index (χ4n) is 2.32. The number of benzene rings is 1. The molecular weight excluding hydrogens is 212 g/mol. The first kappa shape index (κ1) is 13.4. The van der Waals surface area contributed by atoms with E-state index < -0.39 is 8.40 Å². The standard InChI is InChI=1S/C13H24N2Si/c1-6-15(7-2)16(5,14(3)4)13-11-9-8-10-12-13/h8-12H,6-7H2,1-5H3. The molecule has 1 aromatic carbocycles. The highest BCUT2D eigenvalue weighted by Crippen LogP contribution is 2.12. The molecule has 0 aromatic heterocycles. The number of hydrogen-bond acceptors (Lipinski definition) is 2. The van der Waals surface area contributed by atoms with E-state index in [1.165, 1.54) is 5.19 Å². The Balaban J connectivity index is 3.16. The van der Waals surface area contributed by atoms with Crippen LogP contribution in [0.3, 0.4) is 0 Å². The SMILES string of the molecule is CCN(CC)[Si](C)(c1ccccc1)N(C)C. The van der Waals surface area contributed by atoms with Gasteiger partial charge in [-0.3, -0.25) is 0 Å². The van der Waals surface area contributed by atoms with Crippen LogP contribution in [0.1, 0.15) is 13.8 Å². The van der Waals surface area contributed by atoms with Gasteiger partial charge in [0, 0.05) is 0 Å². The molecule has 0 N–H and O–H groups in total. The summed E-state index contributed by atoms with van der Waals surface area (Å²) in [5, 5.41) is 1.49. The van der Waals surface area contributed by atoms with Gasteiger partial charge in [-0.15, -0.1) is 0 Å². The van der Waals surface area contributed by atoms with E-state index in [-0.39, 0.29) is 0 Å². The summed E-state index contributed by atoms with van der Waals surface area (Å²) in [6, 6.07) is 10.9. The number of nitrogens with zero attached hydrogens (tertiary/aromatic N) is 2. The smallest absolute Gasteiger partial charge is 0.236 e. The van der Waals surface area contributed by atoms with Gasteiger partial charge < -0.3 is 9.13 Å². The first-order valence-electron chi connectivity index (χ1n) is 6.05. The maximum absolute atomic E-state index is 2.61. The lowest BCUT2D eigenvalue weighted by Gasteiger charge is -2.43. The molecule has 3 heteroatoms. The summed E-state index contributed by atoms with van der Waals surface area (Å²) < 4.78 is 5.04. The Kier molecular flexibility index (Phi) is 4.71. The lowest BCUT2D eigenvalue weighted by molar-refractivity contribution is 0.413. The maximum atomic E-state index is 2.61. The van der Waals surface area contributed by atoms with Crippen LogP contribution in [0.2, 0.25) is 6.55 Å². The van der Waals surface area contributed by atoms with Gasteiger partial charge in [-0.2, -0.15) is 0 Å². The molecule has 0 fully saturated rings. The third kappa shape index (κ3) is 2.37. The molecule has 0 aliphatic rings. The van der Waals surface area contributed by atoms with E-state index >= 15 is 0 Å². The zero-order valence-electron chi connectivity index (χ0n) is 11.2. The normalized spacial score (nSPS) is 15.4. The van der Waals surface area contributed by atoms with Crippen LogP contribution in [0.5, 0.6) is 0 Å². The number of hydrogen-bond donors (Lipinski definition) is 0. The van der Waals surface area contributed by atoms with Gasteiger partial charge in [0.05, 0.1) is 0 Å². The van der Waals surface area contributed by atoms with Crippen molar-refractivity contribution >= 4 is 13.6 Å². The predicted octanol–water partition coefficient (Wildman–Crippen LogP) is 1.87. The van der Waals surface area contributed by atoms with Crippen LogP contribution < -0.4 is 5.19 Å². The molecule has 0 spiro atoms. The van der Waals surface area contributed by atoms with Crippen LogP contribution in [0.4, 0.5) is 0 Å². The zero-order valence-corrected chi connectivity index (χ0v) is 12.2. The minimum Gasteiger partial charge on any atom is -0.314 e. The van der Waals surface area contributed by atoms with Crippen molar-refractivity contribution in [1.82, 2.24) is 9.13 Å². The van der Waals surface area contributed by atoms with E-state index in [0.717, 1.165) is 13.1 Å². The Morgan fingerprint density at radius 2 is 1.50 bits per heavy atom. The molecule has 16 heavy (non-hydrogen) atoms. The maximum Gasteiger partial charge on any atom is 0.236 e. The van der Waals surface area contributed by atoms with Crippen LogP contribution in [0.15, 0.2) is 30.3 Å². The fourth-order valence-corrected chi connectivity index (χ4v) is 5.82. The second-order valence-corrected chi connectivity index (χ2v) is 8.60. The highest BCUT2D eigenvalue weighted by Gasteiger charge is 2.37. The lowest BCUT2D eigenvalue weighted by atomic mass is 10.4. The minimum atomic E-state index is -1.67. The highest BCUT2D eigenvalue weighted by atomic mass is 28.3. The van der Waals surface area contributed by atoms with Gasteiger partial charge in [0.15, 0.2) is 0 Å². The van der Waals surface area contributed by atoms with Crippen molar-refractivity contribution in [3.8, 4) is 0 Å². The zero-order chi connectivity index (χ0) is 12.2. The second kappa shape index (κ2) is 5.62. The largest absolute Gasteiger partial charge is 0.314 e. The van der Waals surface area contributed by atoms with Gasteiger partial charge >= 0.3 is 0 Å². The average Bonchev–Trinajstić information content (AvgIpc) is 2.31. The van der Waals surface area contributed by atoms with Crippen LogP contribution >= 0.6 is 0 Å². The van der Waals surface area contributed by atoms with Gasteiger partial charge in [-0.05, 0) is 38.9 Å². The third-order valence-electron chi connectivity index (χ3n) is 3.57. The minimum absolute atomic E-state index is 1.12. The first-order valence-corrected chi connectivity index (χ1v) is 8.44. The molecule has 1 rings (SSSR count). The summed E-state index contributed by atoms with van der Waals surface area (Å²) in [5.74, 6) is 0. The van der Waals surface area contributed by atoms with Gasteiger partial charge in [0.2, 0.25) is 8.40 Å². The van der Waals surface area contributed by atoms with E-state index in [1.807, 2.05) is 0 Å². The molecule has 0 radical (unpaired) electrons. The topological polar surface area (TPSA) is 6.48 Å². The van der Waals surface area contributed by atoms with E-state index in [0.29, 0.717) is 0 Å². The molecule has 0 heterocycles. The van der Waals surface area contributed by atoms with Crippen molar-refractivity contribution in [2.45, 2.75) is 20.4 Å². The van der Waals surface area contributed by atoms with Crippen LogP contribution in [-0.2, 0) is 0 Å². The molecule has 1 atom stereocenters. The van der Waals surface area contributed by atoms with Crippen molar-refractivity contribution in [2.75, 3.05) is 27.2 Å². The van der Waals surface area contributed by atoms with Gasteiger partial charge in [-0.1, -0.05) is 44.2 Å². The Hall–Kier alpha value is -0.643.